The smallest absolute Gasteiger partial charge is 0.0195 e. The molecule has 1 N–H and O–H groups in total. The van der Waals surface area contributed by atoms with Crippen LogP contribution in [0.4, 0.5) is 0 Å². The summed E-state index contributed by atoms with van der Waals surface area (Å²) in [5.41, 5.74) is 0. The number of hydrogen-bond donors (Lipinski definition) is 1. The zero-order valence-electron chi connectivity index (χ0n) is 14.4. The lowest BCUT2D eigenvalue weighted by molar-refractivity contribution is 0.0280. The molecule has 6 unspecified atom stereocenters. The van der Waals surface area contributed by atoms with Crippen molar-refractivity contribution in [1.82, 2.24) is 15.1 Å². The van der Waals surface area contributed by atoms with E-state index in [1.807, 2.05) is 0 Å². The summed E-state index contributed by atoms with van der Waals surface area (Å²) in [5.74, 6) is 2.55. The SMILES string of the molecule is CNC1CC(C)CC(C)C1CN1CC(C)N(C)C(C)C1. The van der Waals surface area contributed by atoms with E-state index in [0.717, 1.165) is 17.8 Å². The number of piperazine rings is 1. The summed E-state index contributed by atoms with van der Waals surface area (Å²) < 4.78 is 0. The first-order valence-corrected chi connectivity index (χ1v) is 8.53. The highest BCUT2D eigenvalue weighted by Crippen LogP contribution is 2.34. The first-order valence-electron chi connectivity index (χ1n) is 8.53. The standard InChI is InChI=1S/C17H35N3/c1-12-7-13(2)16(17(8-12)18-5)11-20-9-14(3)19(6)15(4)10-20/h12-18H,7-11H2,1-6H3. The molecular weight excluding hydrogens is 246 g/mol. The quantitative estimate of drug-likeness (QED) is 0.856. The fourth-order valence-corrected chi connectivity index (χ4v) is 4.51. The predicted octanol–water partition coefficient (Wildman–Crippen LogP) is 2.28. The van der Waals surface area contributed by atoms with Gasteiger partial charge >= 0.3 is 0 Å². The van der Waals surface area contributed by atoms with Gasteiger partial charge in [-0.25, -0.2) is 0 Å². The van der Waals surface area contributed by atoms with Gasteiger partial charge in [-0.05, 0) is 58.5 Å². The van der Waals surface area contributed by atoms with Crippen molar-refractivity contribution in [2.24, 2.45) is 17.8 Å². The van der Waals surface area contributed by atoms with E-state index in [4.69, 9.17) is 0 Å². The number of nitrogens with one attached hydrogen (secondary N) is 1. The van der Waals surface area contributed by atoms with E-state index >= 15 is 0 Å². The fraction of sp³-hybridized carbons (Fsp3) is 1.00. The Balaban J connectivity index is 1.97. The minimum Gasteiger partial charge on any atom is -0.317 e. The molecule has 0 radical (unpaired) electrons. The van der Waals surface area contributed by atoms with Gasteiger partial charge in [-0.2, -0.15) is 0 Å². The van der Waals surface area contributed by atoms with Crippen LogP contribution in [0.1, 0.15) is 40.5 Å². The van der Waals surface area contributed by atoms with Gasteiger partial charge < -0.3 is 5.32 Å². The van der Waals surface area contributed by atoms with Crippen molar-refractivity contribution in [3.63, 3.8) is 0 Å². The summed E-state index contributed by atoms with van der Waals surface area (Å²) in [7, 11) is 4.42. The third kappa shape index (κ3) is 3.55. The molecule has 3 heteroatoms. The van der Waals surface area contributed by atoms with Gasteiger partial charge in [0.25, 0.3) is 0 Å². The molecule has 1 heterocycles. The van der Waals surface area contributed by atoms with Gasteiger partial charge in [-0.3, -0.25) is 9.80 Å². The minimum absolute atomic E-state index is 0.685. The van der Waals surface area contributed by atoms with Crippen molar-refractivity contribution in [2.45, 2.75) is 58.7 Å². The highest BCUT2D eigenvalue weighted by atomic mass is 15.3. The van der Waals surface area contributed by atoms with E-state index in [0.29, 0.717) is 18.1 Å². The van der Waals surface area contributed by atoms with Crippen molar-refractivity contribution in [1.29, 1.82) is 0 Å². The van der Waals surface area contributed by atoms with E-state index in [1.165, 1.54) is 32.5 Å². The molecule has 1 saturated heterocycles. The van der Waals surface area contributed by atoms with Crippen molar-refractivity contribution >= 4 is 0 Å². The molecule has 118 valence electrons. The van der Waals surface area contributed by atoms with Crippen LogP contribution in [0.5, 0.6) is 0 Å². The lowest BCUT2D eigenvalue weighted by atomic mass is 9.72. The average Bonchev–Trinajstić information content (AvgIpc) is 2.38. The lowest BCUT2D eigenvalue weighted by Gasteiger charge is -2.47. The normalized spacial score (nSPS) is 44.7. The summed E-state index contributed by atoms with van der Waals surface area (Å²) in [6.07, 6.45) is 2.76. The topological polar surface area (TPSA) is 18.5 Å². The summed E-state index contributed by atoms with van der Waals surface area (Å²) in [5, 5.41) is 3.60. The van der Waals surface area contributed by atoms with Gasteiger partial charge in [0, 0.05) is 37.8 Å². The number of rotatable bonds is 3. The molecule has 2 fully saturated rings. The zero-order chi connectivity index (χ0) is 14.9. The molecule has 20 heavy (non-hydrogen) atoms. The van der Waals surface area contributed by atoms with Crippen molar-refractivity contribution in [3.05, 3.63) is 0 Å². The van der Waals surface area contributed by atoms with Crippen molar-refractivity contribution in [3.8, 4) is 0 Å². The molecule has 1 aliphatic heterocycles. The van der Waals surface area contributed by atoms with Crippen LogP contribution in [0.25, 0.3) is 0 Å². The maximum atomic E-state index is 3.60. The molecule has 2 aliphatic rings. The van der Waals surface area contributed by atoms with Gasteiger partial charge in [0.1, 0.15) is 0 Å². The zero-order valence-corrected chi connectivity index (χ0v) is 14.4. The molecule has 1 aliphatic carbocycles. The van der Waals surface area contributed by atoms with Crippen LogP contribution in [-0.4, -0.2) is 61.7 Å². The second-order valence-electron chi connectivity index (χ2n) is 7.69. The first-order chi connectivity index (χ1) is 9.42. The maximum Gasteiger partial charge on any atom is 0.0195 e. The van der Waals surface area contributed by atoms with Gasteiger partial charge in [0.2, 0.25) is 0 Å². The monoisotopic (exact) mass is 281 g/mol. The highest BCUT2D eigenvalue weighted by molar-refractivity contribution is 4.91. The lowest BCUT2D eigenvalue weighted by Crippen LogP contribution is -2.57. The Labute approximate surface area is 126 Å². The Morgan fingerprint density at radius 1 is 1.00 bits per heavy atom. The highest BCUT2D eigenvalue weighted by Gasteiger charge is 2.36. The van der Waals surface area contributed by atoms with Crippen molar-refractivity contribution in [2.75, 3.05) is 33.7 Å². The molecule has 0 aromatic heterocycles. The van der Waals surface area contributed by atoms with Gasteiger partial charge in [-0.1, -0.05) is 13.8 Å². The fourth-order valence-electron chi connectivity index (χ4n) is 4.51. The Morgan fingerprint density at radius 3 is 2.15 bits per heavy atom. The van der Waals surface area contributed by atoms with E-state index in [-0.39, 0.29) is 0 Å². The summed E-state index contributed by atoms with van der Waals surface area (Å²) in [4.78, 5) is 5.25. The first kappa shape index (κ1) is 16.3. The van der Waals surface area contributed by atoms with Crippen LogP contribution in [0.15, 0.2) is 0 Å². The van der Waals surface area contributed by atoms with Crippen LogP contribution in [0, 0.1) is 17.8 Å². The number of hydrogen-bond acceptors (Lipinski definition) is 3. The van der Waals surface area contributed by atoms with Crippen molar-refractivity contribution < 1.29 is 0 Å². The second-order valence-corrected chi connectivity index (χ2v) is 7.69. The number of nitrogens with zero attached hydrogens (tertiary/aromatic N) is 2. The molecule has 0 aromatic rings. The third-order valence-electron chi connectivity index (χ3n) is 5.95. The maximum absolute atomic E-state index is 3.60. The van der Waals surface area contributed by atoms with Crippen LogP contribution in [-0.2, 0) is 0 Å². The van der Waals surface area contributed by atoms with Crippen LogP contribution >= 0.6 is 0 Å². The number of likely N-dealkylation sites (N-methyl/N-ethyl adjacent to an activating group) is 1. The predicted molar refractivity (Wildman–Crippen MR) is 87.0 cm³/mol. The Hall–Kier alpha value is -0.120. The molecule has 0 spiro atoms. The summed E-state index contributed by atoms with van der Waals surface area (Å²) >= 11 is 0. The Kier molecular flexibility index (Phi) is 5.49. The molecule has 1 saturated carbocycles. The van der Waals surface area contributed by atoms with Gasteiger partial charge in [0.05, 0.1) is 0 Å². The van der Waals surface area contributed by atoms with Gasteiger partial charge in [-0.15, -0.1) is 0 Å². The third-order valence-corrected chi connectivity index (χ3v) is 5.95. The molecule has 3 nitrogen and oxygen atoms in total. The summed E-state index contributed by atoms with van der Waals surface area (Å²) in [6.45, 7) is 13.4. The van der Waals surface area contributed by atoms with E-state index < -0.39 is 0 Å². The second kappa shape index (κ2) is 6.76. The molecule has 0 bridgehead atoms. The van der Waals surface area contributed by atoms with E-state index in [2.05, 4.69) is 56.9 Å². The minimum atomic E-state index is 0.685. The summed E-state index contributed by atoms with van der Waals surface area (Å²) in [6, 6.07) is 2.08. The molecule has 6 atom stereocenters. The van der Waals surface area contributed by atoms with E-state index in [9.17, 15) is 0 Å². The Bertz CT molecular complexity index is 295. The average molecular weight is 281 g/mol. The van der Waals surface area contributed by atoms with Crippen LogP contribution < -0.4 is 5.32 Å². The largest absolute Gasteiger partial charge is 0.317 e. The molecular formula is C17H35N3. The van der Waals surface area contributed by atoms with E-state index in [1.54, 1.807) is 0 Å². The van der Waals surface area contributed by atoms with Crippen LogP contribution in [0.3, 0.4) is 0 Å². The Morgan fingerprint density at radius 2 is 1.60 bits per heavy atom. The van der Waals surface area contributed by atoms with Crippen LogP contribution in [0.2, 0.25) is 0 Å². The molecule has 2 rings (SSSR count). The van der Waals surface area contributed by atoms with Gasteiger partial charge in [0.15, 0.2) is 0 Å². The molecule has 0 aromatic carbocycles. The molecule has 0 amide bonds.